The summed E-state index contributed by atoms with van der Waals surface area (Å²) in [5, 5.41) is 4.67. The molecule has 0 atom stereocenters. The highest BCUT2D eigenvalue weighted by molar-refractivity contribution is 7.23. The number of hydrogen-bond donors (Lipinski definition) is 1. The van der Waals surface area contributed by atoms with E-state index in [1.807, 2.05) is 12.1 Å². The van der Waals surface area contributed by atoms with E-state index < -0.39 is 0 Å². The molecule has 0 aliphatic heterocycles. The van der Waals surface area contributed by atoms with Crippen molar-refractivity contribution in [1.29, 1.82) is 0 Å². The van der Waals surface area contributed by atoms with E-state index in [-0.39, 0.29) is 11.2 Å². The summed E-state index contributed by atoms with van der Waals surface area (Å²) in [4.78, 5) is 22.4. The average molecular weight is 390 g/mol. The molecule has 0 spiro atoms. The van der Waals surface area contributed by atoms with Crippen LogP contribution in [0.5, 0.6) is 11.5 Å². The maximum atomic E-state index is 12.4. The number of carbonyl (C=O) groups excluding carboxylic acids is 1. The van der Waals surface area contributed by atoms with Gasteiger partial charge < -0.3 is 14.8 Å². The van der Waals surface area contributed by atoms with E-state index in [0.717, 1.165) is 33.0 Å². The Balaban J connectivity index is 1.67. The fraction of sp³-hybridized carbons (Fsp3) is 0.389. The Bertz CT molecular complexity index is 1010. The Morgan fingerprint density at radius 1 is 1.08 bits per heavy atom. The highest BCUT2D eigenvalue weighted by Gasteiger charge is 2.34. The van der Waals surface area contributed by atoms with Gasteiger partial charge in [-0.1, -0.05) is 36.5 Å². The van der Waals surface area contributed by atoms with Crippen LogP contribution in [0.15, 0.2) is 12.1 Å². The first-order chi connectivity index (χ1) is 12.4. The molecule has 1 N–H and O–H groups in total. The molecule has 4 rings (SSSR count). The lowest BCUT2D eigenvalue weighted by Crippen LogP contribution is -2.25. The van der Waals surface area contributed by atoms with E-state index in [1.165, 1.54) is 22.7 Å². The molecular formula is C18H19N3O3S2. The first-order valence-electron chi connectivity index (χ1n) is 8.21. The number of hydrogen-bond acceptors (Lipinski definition) is 8. The van der Waals surface area contributed by atoms with Crippen molar-refractivity contribution < 1.29 is 14.3 Å². The SMILES string of the molecule is COc1cc(OC)c2nc(Nc3nc4c(s3)C(=O)CC(C)(C)C4)sc2c1. The number of thiazole rings is 2. The van der Waals surface area contributed by atoms with E-state index in [2.05, 4.69) is 29.1 Å². The van der Waals surface area contributed by atoms with Crippen LogP contribution in [0.3, 0.4) is 0 Å². The van der Waals surface area contributed by atoms with Gasteiger partial charge in [0.15, 0.2) is 16.0 Å². The van der Waals surface area contributed by atoms with E-state index >= 15 is 0 Å². The molecule has 8 heteroatoms. The molecular weight excluding hydrogens is 370 g/mol. The summed E-state index contributed by atoms with van der Waals surface area (Å²) in [5.41, 5.74) is 1.63. The molecule has 3 aromatic rings. The number of nitrogens with one attached hydrogen (secondary N) is 1. The zero-order valence-electron chi connectivity index (χ0n) is 15.0. The molecule has 2 heterocycles. The summed E-state index contributed by atoms with van der Waals surface area (Å²) < 4.78 is 11.7. The minimum Gasteiger partial charge on any atom is -0.497 e. The molecule has 1 aromatic carbocycles. The lowest BCUT2D eigenvalue weighted by molar-refractivity contribution is 0.0916. The van der Waals surface area contributed by atoms with Crippen molar-refractivity contribution in [2.45, 2.75) is 26.7 Å². The Hall–Kier alpha value is -2.19. The number of fused-ring (bicyclic) bond motifs is 2. The molecule has 136 valence electrons. The van der Waals surface area contributed by atoms with Crippen LogP contribution in [0.1, 0.15) is 35.6 Å². The van der Waals surface area contributed by atoms with Gasteiger partial charge in [-0.15, -0.1) is 0 Å². The normalized spacial score (nSPS) is 15.8. The first kappa shape index (κ1) is 17.2. The monoisotopic (exact) mass is 389 g/mol. The Labute approximate surface area is 159 Å². The van der Waals surface area contributed by atoms with Crippen molar-refractivity contribution >= 4 is 48.9 Å². The Kier molecular flexibility index (Phi) is 4.11. The summed E-state index contributed by atoms with van der Waals surface area (Å²) in [5.74, 6) is 1.57. The van der Waals surface area contributed by atoms with Crippen molar-refractivity contribution in [2.24, 2.45) is 5.41 Å². The topological polar surface area (TPSA) is 73.3 Å². The summed E-state index contributed by atoms with van der Waals surface area (Å²) in [6, 6.07) is 3.74. The quantitative estimate of drug-likeness (QED) is 0.699. The second-order valence-electron chi connectivity index (χ2n) is 7.06. The van der Waals surface area contributed by atoms with Crippen LogP contribution in [0.25, 0.3) is 10.2 Å². The standard InChI is InChI=1S/C18H19N3O3S2/c1-18(2)7-10-15(11(22)8-18)26-16(19-10)21-17-20-14-12(24-4)5-9(23-3)6-13(14)25-17/h5-6H,7-8H2,1-4H3,(H,19,20,21). The maximum absolute atomic E-state index is 12.4. The largest absolute Gasteiger partial charge is 0.497 e. The van der Waals surface area contributed by atoms with Crippen LogP contribution in [0.4, 0.5) is 10.3 Å². The summed E-state index contributed by atoms with van der Waals surface area (Å²) >= 11 is 2.90. The number of ether oxygens (including phenoxy) is 2. The van der Waals surface area contributed by atoms with E-state index in [9.17, 15) is 4.79 Å². The highest BCUT2D eigenvalue weighted by atomic mass is 32.1. The van der Waals surface area contributed by atoms with Crippen molar-refractivity contribution in [3.8, 4) is 11.5 Å². The smallest absolute Gasteiger partial charge is 0.190 e. The third-order valence-corrected chi connectivity index (χ3v) is 6.31. The number of benzene rings is 1. The summed E-state index contributed by atoms with van der Waals surface area (Å²) in [6.45, 7) is 4.21. The van der Waals surface area contributed by atoms with Gasteiger partial charge >= 0.3 is 0 Å². The fourth-order valence-corrected chi connectivity index (χ4v) is 5.06. The third-order valence-electron chi connectivity index (χ3n) is 4.34. The molecule has 0 fully saturated rings. The van der Waals surface area contributed by atoms with Gasteiger partial charge in [0, 0.05) is 12.5 Å². The highest BCUT2D eigenvalue weighted by Crippen LogP contribution is 2.41. The van der Waals surface area contributed by atoms with Crippen LogP contribution >= 0.6 is 22.7 Å². The lowest BCUT2D eigenvalue weighted by Gasteiger charge is -2.26. The van der Waals surface area contributed by atoms with Gasteiger partial charge in [0.05, 0.1) is 29.5 Å². The fourth-order valence-electron chi connectivity index (χ4n) is 3.17. The van der Waals surface area contributed by atoms with Gasteiger partial charge in [-0.25, -0.2) is 9.97 Å². The minimum atomic E-state index is -0.0325. The second kappa shape index (κ2) is 6.21. The number of anilines is 2. The van der Waals surface area contributed by atoms with Crippen LogP contribution in [-0.2, 0) is 6.42 Å². The third kappa shape index (κ3) is 3.03. The van der Waals surface area contributed by atoms with E-state index in [1.54, 1.807) is 14.2 Å². The van der Waals surface area contributed by atoms with Gasteiger partial charge in [0.2, 0.25) is 0 Å². The van der Waals surface area contributed by atoms with Gasteiger partial charge in [-0.3, -0.25) is 4.79 Å². The number of rotatable bonds is 4. The van der Waals surface area contributed by atoms with Gasteiger partial charge in [0.25, 0.3) is 0 Å². The Morgan fingerprint density at radius 2 is 1.85 bits per heavy atom. The number of Topliss-reactive ketones (excluding diaryl/α,β-unsaturated/α-hetero) is 1. The molecule has 1 aliphatic rings. The molecule has 6 nitrogen and oxygen atoms in total. The first-order valence-corrected chi connectivity index (χ1v) is 9.84. The van der Waals surface area contributed by atoms with Crippen molar-refractivity contribution in [3.63, 3.8) is 0 Å². The molecule has 0 saturated carbocycles. The summed E-state index contributed by atoms with van der Waals surface area (Å²) in [6.07, 6.45) is 1.39. The number of ketones is 1. The average Bonchev–Trinajstić information content (AvgIpc) is 3.16. The van der Waals surface area contributed by atoms with Crippen LogP contribution in [0, 0.1) is 5.41 Å². The number of carbonyl (C=O) groups is 1. The predicted octanol–water partition coefficient (Wildman–Crippen LogP) is 4.67. The van der Waals surface area contributed by atoms with Crippen LogP contribution in [-0.4, -0.2) is 30.0 Å². The van der Waals surface area contributed by atoms with Crippen LogP contribution in [0.2, 0.25) is 0 Å². The van der Waals surface area contributed by atoms with E-state index in [4.69, 9.17) is 9.47 Å². The number of aromatic nitrogens is 2. The molecule has 1 aliphatic carbocycles. The minimum absolute atomic E-state index is 0.0325. The van der Waals surface area contributed by atoms with Gasteiger partial charge in [-0.2, -0.15) is 0 Å². The molecule has 0 saturated heterocycles. The lowest BCUT2D eigenvalue weighted by atomic mass is 9.78. The van der Waals surface area contributed by atoms with Gasteiger partial charge in [-0.05, 0) is 17.9 Å². The molecule has 0 radical (unpaired) electrons. The zero-order chi connectivity index (χ0) is 18.5. The number of nitrogens with zero attached hydrogens (tertiary/aromatic N) is 2. The molecule has 0 bridgehead atoms. The van der Waals surface area contributed by atoms with Crippen molar-refractivity contribution in [1.82, 2.24) is 9.97 Å². The molecule has 26 heavy (non-hydrogen) atoms. The zero-order valence-corrected chi connectivity index (χ0v) is 16.6. The second-order valence-corrected chi connectivity index (χ2v) is 9.09. The molecule has 0 unspecified atom stereocenters. The van der Waals surface area contributed by atoms with Crippen molar-refractivity contribution in [3.05, 3.63) is 22.7 Å². The molecule has 2 aromatic heterocycles. The predicted molar refractivity (Wildman–Crippen MR) is 105 cm³/mol. The summed E-state index contributed by atoms with van der Waals surface area (Å²) in [7, 11) is 3.24. The van der Waals surface area contributed by atoms with E-state index in [0.29, 0.717) is 22.4 Å². The molecule has 0 amide bonds. The Morgan fingerprint density at radius 3 is 2.58 bits per heavy atom. The van der Waals surface area contributed by atoms with Gasteiger partial charge in [0.1, 0.15) is 17.0 Å². The number of methoxy groups -OCH3 is 2. The maximum Gasteiger partial charge on any atom is 0.190 e. The van der Waals surface area contributed by atoms with Crippen LogP contribution < -0.4 is 14.8 Å². The van der Waals surface area contributed by atoms with Crippen molar-refractivity contribution in [2.75, 3.05) is 19.5 Å².